The van der Waals surface area contributed by atoms with Crippen LogP contribution in [0.3, 0.4) is 0 Å². The lowest BCUT2D eigenvalue weighted by atomic mass is 10.0. The van der Waals surface area contributed by atoms with Gasteiger partial charge in [0.05, 0.1) is 12.5 Å². The summed E-state index contributed by atoms with van der Waals surface area (Å²) >= 11 is 0. The molecule has 0 saturated carbocycles. The fourth-order valence-corrected chi connectivity index (χ4v) is 2.75. The van der Waals surface area contributed by atoms with Crippen LogP contribution in [0, 0.1) is 12.8 Å². The number of hydrogen-bond donors (Lipinski definition) is 2. The first-order chi connectivity index (χ1) is 11.6. The van der Waals surface area contributed by atoms with Crippen molar-refractivity contribution in [3.05, 3.63) is 24.0 Å². The van der Waals surface area contributed by atoms with Crippen LogP contribution < -0.4 is 20.1 Å². The van der Waals surface area contributed by atoms with Crippen molar-refractivity contribution in [3.8, 4) is 11.5 Å². The Morgan fingerprint density at radius 1 is 1.42 bits per heavy atom. The van der Waals surface area contributed by atoms with Crippen LogP contribution in [-0.4, -0.2) is 33.4 Å². The van der Waals surface area contributed by atoms with E-state index in [0.29, 0.717) is 35.5 Å². The number of nitrogens with zero attached hydrogens (tertiary/aromatic N) is 3. The Balaban J connectivity index is 1.42. The molecule has 0 fully saturated rings. The first-order valence-electron chi connectivity index (χ1n) is 7.50. The van der Waals surface area contributed by atoms with Gasteiger partial charge in [0.15, 0.2) is 11.5 Å². The number of fused-ring (bicyclic) bond motifs is 2. The lowest BCUT2D eigenvalue weighted by Crippen LogP contribution is -2.36. The number of carbonyl (C=O) groups excluding carboxylic acids is 2. The second-order valence-corrected chi connectivity index (χ2v) is 5.67. The zero-order valence-electron chi connectivity index (χ0n) is 12.9. The van der Waals surface area contributed by atoms with E-state index in [4.69, 9.17) is 9.47 Å². The van der Waals surface area contributed by atoms with Gasteiger partial charge in [-0.2, -0.15) is 10.1 Å². The number of hydrogen-bond acceptors (Lipinski definition) is 6. The molecule has 4 rings (SSSR count). The van der Waals surface area contributed by atoms with Gasteiger partial charge in [0.2, 0.25) is 24.6 Å². The molecule has 0 bridgehead atoms. The topological polar surface area (TPSA) is 107 Å². The van der Waals surface area contributed by atoms with Crippen molar-refractivity contribution >= 4 is 23.5 Å². The third kappa shape index (κ3) is 2.64. The largest absolute Gasteiger partial charge is 0.454 e. The Morgan fingerprint density at radius 3 is 3.12 bits per heavy atom. The van der Waals surface area contributed by atoms with Gasteiger partial charge in [-0.05, 0) is 19.1 Å². The summed E-state index contributed by atoms with van der Waals surface area (Å²) in [5.41, 5.74) is 0.595. The Hall–Kier alpha value is -3.10. The van der Waals surface area contributed by atoms with Crippen LogP contribution in [0.5, 0.6) is 11.5 Å². The molecule has 0 spiro atoms. The Bertz CT molecular complexity index is 831. The maximum Gasteiger partial charge on any atom is 0.232 e. The van der Waals surface area contributed by atoms with Crippen LogP contribution in [0.15, 0.2) is 18.2 Å². The third-order valence-electron chi connectivity index (χ3n) is 3.86. The average molecular weight is 329 g/mol. The monoisotopic (exact) mass is 329 g/mol. The summed E-state index contributed by atoms with van der Waals surface area (Å²) in [6.45, 7) is 2.25. The highest BCUT2D eigenvalue weighted by Crippen LogP contribution is 2.34. The SMILES string of the molecule is Cc1nc2n(n1)C[C@@H](CC(=O)Nc1ccc3c(c1)OCO3)C(=O)N2. The first kappa shape index (κ1) is 14.5. The smallest absolute Gasteiger partial charge is 0.232 e. The van der Waals surface area contributed by atoms with Gasteiger partial charge in [-0.3, -0.25) is 14.9 Å². The molecule has 2 aromatic rings. The van der Waals surface area contributed by atoms with E-state index in [0.717, 1.165) is 0 Å². The van der Waals surface area contributed by atoms with E-state index in [1.807, 2.05) is 0 Å². The highest BCUT2D eigenvalue weighted by Gasteiger charge is 2.30. The molecule has 0 saturated heterocycles. The molecule has 1 atom stereocenters. The fourth-order valence-electron chi connectivity index (χ4n) is 2.75. The number of benzene rings is 1. The van der Waals surface area contributed by atoms with Crippen molar-refractivity contribution in [1.29, 1.82) is 0 Å². The summed E-state index contributed by atoms with van der Waals surface area (Å²) in [6.07, 6.45) is 0.0542. The van der Waals surface area contributed by atoms with Crippen molar-refractivity contribution in [1.82, 2.24) is 14.8 Å². The second kappa shape index (κ2) is 5.52. The summed E-state index contributed by atoms with van der Waals surface area (Å²) in [5, 5.41) is 9.63. The summed E-state index contributed by atoms with van der Waals surface area (Å²) in [7, 11) is 0. The van der Waals surface area contributed by atoms with Crippen molar-refractivity contribution in [2.24, 2.45) is 5.92 Å². The number of anilines is 2. The number of amides is 2. The molecule has 0 radical (unpaired) electrons. The molecular formula is C15H15N5O4. The summed E-state index contributed by atoms with van der Waals surface area (Å²) in [4.78, 5) is 28.4. The van der Waals surface area contributed by atoms with E-state index < -0.39 is 5.92 Å². The predicted molar refractivity (Wildman–Crippen MR) is 82.7 cm³/mol. The molecule has 2 N–H and O–H groups in total. The van der Waals surface area contributed by atoms with E-state index in [1.165, 1.54) is 0 Å². The molecular weight excluding hydrogens is 314 g/mol. The van der Waals surface area contributed by atoms with E-state index in [1.54, 1.807) is 29.8 Å². The molecule has 2 aliphatic rings. The summed E-state index contributed by atoms with van der Waals surface area (Å²) in [5.74, 6) is 1.26. The van der Waals surface area contributed by atoms with E-state index >= 15 is 0 Å². The molecule has 0 unspecified atom stereocenters. The van der Waals surface area contributed by atoms with E-state index in [2.05, 4.69) is 20.7 Å². The van der Waals surface area contributed by atoms with Crippen LogP contribution in [-0.2, 0) is 16.1 Å². The molecule has 1 aromatic carbocycles. The fraction of sp³-hybridized carbons (Fsp3) is 0.333. The van der Waals surface area contributed by atoms with Crippen LogP contribution in [0.2, 0.25) is 0 Å². The number of rotatable bonds is 3. The molecule has 124 valence electrons. The standard InChI is InChI=1S/C15H15N5O4/c1-8-16-15-18-14(22)9(6-20(15)19-8)4-13(21)17-10-2-3-11-12(5-10)24-7-23-11/h2-3,5,9H,4,6-7H2,1H3,(H,17,21)(H,16,18,19,22)/t9-/m1/s1. The highest BCUT2D eigenvalue weighted by atomic mass is 16.7. The minimum Gasteiger partial charge on any atom is -0.454 e. The van der Waals surface area contributed by atoms with Gasteiger partial charge in [-0.15, -0.1) is 0 Å². The Labute approximate surface area is 137 Å². The zero-order chi connectivity index (χ0) is 16.7. The first-order valence-corrected chi connectivity index (χ1v) is 7.50. The summed E-state index contributed by atoms with van der Waals surface area (Å²) < 4.78 is 12.1. The van der Waals surface area contributed by atoms with Gasteiger partial charge in [0, 0.05) is 18.2 Å². The molecule has 9 nitrogen and oxygen atoms in total. The van der Waals surface area contributed by atoms with Crippen LogP contribution in [0.25, 0.3) is 0 Å². The number of aromatic nitrogens is 3. The van der Waals surface area contributed by atoms with E-state index in [-0.39, 0.29) is 25.0 Å². The molecule has 0 aliphatic carbocycles. The molecule has 2 aliphatic heterocycles. The van der Waals surface area contributed by atoms with Crippen LogP contribution in [0.1, 0.15) is 12.2 Å². The zero-order valence-corrected chi connectivity index (χ0v) is 12.9. The maximum atomic E-state index is 12.2. The van der Waals surface area contributed by atoms with Gasteiger partial charge in [-0.25, -0.2) is 4.68 Å². The molecule has 9 heteroatoms. The number of aryl methyl sites for hydroxylation is 1. The van der Waals surface area contributed by atoms with Crippen LogP contribution >= 0.6 is 0 Å². The Morgan fingerprint density at radius 2 is 2.25 bits per heavy atom. The van der Waals surface area contributed by atoms with Crippen LogP contribution in [0.4, 0.5) is 11.6 Å². The Kier molecular flexibility index (Phi) is 3.33. The minimum atomic E-state index is -0.493. The molecule has 3 heterocycles. The lowest BCUT2D eigenvalue weighted by Gasteiger charge is -2.21. The molecule has 24 heavy (non-hydrogen) atoms. The van der Waals surface area contributed by atoms with Gasteiger partial charge < -0.3 is 14.8 Å². The van der Waals surface area contributed by atoms with Crippen molar-refractivity contribution in [2.75, 3.05) is 17.4 Å². The summed E-state index contributed by atoms with van der Waals surface area (Å²) in [6, 6.07) is 5.15. The van der Waals surface area contributed by atoms with Crippen molar-refractivity contribution in [2.45, 2.75) is 19.9 Å². The second-order valence-electron chi connectivity index (χ2n) is 5.67. The maximum absolute atomic E-state index is 12.2. The van der Waals surface area contributed by atoms with Crippen molar-refractivity contribution < 1.29 is 19.1 Å². The quantitative estimate of drug-likeness (QED) is 0.867. The van der Waals surface area contributed by atoms with Gasteiger partial charge in [0.1, 0.15) is 5.82 Å². The highest BCUT2D eigenvalue weighted by molar-refractivity contribution is 5.98. The van der Waals surface area contributed by atoms with Gasteiger partial charge >= 0.3 is 0 Å². The normalized spacial score (nSPS) is 18.0. The number of ether oxygens (including phenoxy) is 2. The van der Waals surface area contributed by atoms with Gasteiger partial charge in [0.25, 0.3) is 0 Å². The van der Waals surface area contributed by atoms with Gasteiger partial charge in [-0.1, -0.05) is 0 Å². The molecule has 2 amide bonds. The number of nitrogens with one attached hydrogen (secondary N) is 2. The average Bonchev–Trinajstić information content (AvgIpc) is 3.12. The third-order valence-corrected chi connectivity index (χ3v) is 3.86. The predicted octanol–water partition coefficient (Wildman–Crippen LogP) is 0.912. The lowest BCUT2D eigenvalue weighted by molar-refractivity contribution is -0.125. The molecule has 1 aromatic heterocycles. The number of carbonyl (C=O) groups is 2. The minimum absolute atomic E-state index is 0.0542. The van der Waals surface area contributed by atoms with Crippen molar-refractivity contribution in [3.63, 3.8) is 0 Å². The van der Waals surface area contributed by atoms with E-state index in [9.17, 15) is 9.59 Å².